The van der Waals surface area contributed by atoms with Crippen molar-refractivity contribution in [3.8, 4) is 0 Å². The summed E-state index contributed by atoms with van der Waals surface area (Å²) in [7, 11) is -2.74. The molecule has 3 unspecified atom stereocenters. The average Bonchev–Trinajstić information content (AvgIpc) is 2.93. The maximum atomic E-state index is 11.4. The van der Waals surface area contributed by atoms with Crippen molar-refractivity contribution in [2.45, 2.75) is 56.8 Å². The average molecular weight is 258 g/mol. The van der Waals surface area contributed by atoms with Crippen molar-refractivity contribution in [2.75, 3.05) is 18.1 Å². The first-order chi connectivity index (χ1) is 8.03. The maximum Gasteiger partial charge on any atom is 0.151 e. The van der Waals surface area contributed by atoms with Gasteiger partial charge in [-0.15, -0.1) is 0 Å². The van der Waals surface area contributed by atoms with Gasteiger partial charge in [0.2, 0.25) is 0 Å². The van der Waals surface area contributed by atoms with Crippen LogP contribution < -0.4 is 5.32 Å². The van der Waals surface area contributed by atoms with E-state index in [0.29, 0.717) is 23.6 Å². The van der Waals surface area contributed by atoms with Crippen LogP contribution in [-0.2, 0) is 9.84 Å². The quantitative estimate of drug-likeness (QED) is 0.795. The highest BCUT2D eigenvalue weighted by Gasteiger charge is 2.40. The molecule has 3 atom stereocenters. The number of hydrogen-bond acceptors (Lipinski definition) is 4. The molecule has 98 valence electrons. The first-order valence-corrected chi connectivity index (χ1v) is 8.58. The van der Waals surface area contributed by atoms with Gasteiger partial charge in [0.05, 0.1) is 11.5 Å². The summed E-state index contributed by atoms with van der Waals surface area (Å²) in [6.45, 7) is 3.41. The van der Waals surface area contributed by atoms with Crippen LogP contribution in [0.2, 0.25) is 0 Å². The number of rotatable bonds is 3. The van der Waals surface area contributed by atoms with Crippen molar-refractivity contribution in [2.24, 2.45) is 0 Å². The second kappa shape index (κ2) is 4.21. The van der Waals surface area contributed by atoms with Crippen molar-refractivity contribution >= 4 is 9.84 Å². The summed E-state index contributed by atoms with van der Waals surface area (Å²) in [4.78, 5) is 2.60. The van der Waals surface area contributed by atoms with Crippen molar-refractivity contribution < 1.29 is 8.42 Å². The summed E-state index contributed by atoms with van der Waals surface area (Å²) in [5.74, 6) is 0.723. The van der Waals surface area contributed by atoms with E-state index >= 15 is 0 Å². The van der Waals surface area contributed by atoms with Crippen molar-refractivity contribution in [1.29, 1.82) is 0 Å². The molecule has 0 bridgehead atoms. The second-order valence-corrected chi connectivity index (χ2v) is 8.20. The molecule has 0 aromatic heterocycles. The molecule has 3 fully saturated rings. The smallest absolute Gasteiger partial charge is 0.151 e. The molecular weight excluding hydrogens is 236 g/mol. The fourth-order valence-electron chi connectivity index (χ4n) is 3.35. The van der Waals surface area contributed by atoms with Crippen LogP contribution in [0.3, 0.4) is 0 Å². The highest BCUT2D eigenvalue weighted by Crippen LogP contribution is 2.33. The molecule has 0 aromatic carbocycles. The highest BCUT2D eigenvalue weighted by atomic mass is 32.2. The number of nitrogens with zero attached hydrogens (tertiary/aromatic N) is 1. The lowest BCUT2D eigenvalue weighted by molar-refractivity contribution is 0.254. The number of likely N-dealkylation sites (tertiary alicyclic amines) is 1. The standard InChI is InChI=1S/C12H22N2O2S/c1-9-6-11(7-14(9)12-2-3-12)13-10-4-5-17(15,16)8-10/h9-13H,2-8H2,1H3. The Bertz CT molecular complexity index is 391. The Labute approximate surface area is 104 Å². The van der Waals surface area contributed by atoms with E-state index in [1.807, 2.05) is 0 Å². The van der Waals surface area contributed by atoms with Crippen LogP contribution in [0.15, 0.2) is 0 Å². The molecule has 3 aliphatic rings. The van der Waals surface area contributed by atoms with E-state index < -0.39 is 9.84 Å². The zero-order valence-corrected chi connectivity index (χ0v) is 11.2. The van der Waals surface area contributed by atoms with Gasteiger partial charge in [-0.1, -0.05) is 0 Å². The van der Waals surface area contributed by atoms with E-state index in [9.17, 15) is 8.42 Å². The Morgan fingerprint density at radius 3 is 2.53 bits per heavy atom. The summed E-state index contributed by atoms with van der Waals surface area (Å²) in [5.41, 5.74) is 0. The molecular formula is C12H22N2O2S. The van der Waals surface area contributed by atoms with Crippen molar-refractivity contribution in [1.82, 2.24) is 10.2 Å². The Balaban J connectivity index is 1.53. The van der Waals surface area contributed by atoms with Crippen molar-refractivity contribution in [3.05, 3.63) is 0 Å². The number of nitrogens with one attached hydrogen (secondary N) is 1. The normalized spacial score (nSPS) is 42.1. The van der Waals surface area contributed by atoms with Gasteiger partial charge in [-0.2, -0.15) is 0 Å². The minimum Gasteiger partial charge on any atom is -0.309 e. The lowest BCUT2D eigenvalue weighted by Gasteiger charge is -2.20. The van der Waals surface area contributed by atoms with Crippen LogP contribution in [0.4, 0.5) is 0 Å². The fraction of sp³-hybridized carbons (Fsp3) is 1.00. The summed E-state index contributed by atoms with van der Waals surface area (Å²) in [6, 6.07) is 2.20. The topological polar surface area (TPSA) is 49.4 Å². The predicted octanol–water partition coefficient (Wildman–Crippen LogP) is 0.388. The molecule has 2 heterocycles. The molecule has 3 rings (SSSR count). The van der Waals surface area contributed by atoms with Crippen LogP contribution in [0.1, 0.15) is 32.6 Å². The van der Waals surface area contributed by atoms with Gasteiger partial charge in [0.25, 0.3) is 0 Å². The van der Waals surface area contributed by atoms with Crippen LogP contribution in [0, 0.1) is 0 Å². The van der Waals surface area contributed by atoms with Gasteiger partial charge in [0, 0.05) is 30.7 Å². The lowest BCUT2D eigenvalue weighted by atomic mass is 10.1. The van der Waals surface area contributed by atoms with Crippen LogP contribution in [-0.4, -0.2) is 55.5 Å². The van der Waals surface area contributed by atoms with Gasteiger partial charge >= 0.3 is 0 Å². The Hall–Kier alpha value is -0.130. The lowest BCUT2D eigenvalue weighted by Crippen LogP contribution is -2.41. The Morgan fingerprint density at radius 1 is 1.18 bits per heavy atom. The fourth-order valence-corrected chi connectivity index (χ4v) is 5.04. The van der Waals surface area contributed by atoms with Gasteiger partial charge < -0.3 is 5.32 Å². The van der Waals surface area contributed by atoms with Gasteiger partial charge in [-0.25, -0.2) is 8.42 Å². The van der Waals surface area contributed by atoms with Crippen LogP contribution in [0.5, 0.6) is 0 Å². The Morgan fingerprint density at radius 2 is 1.94 bits per heavy atom. The maximum absolute atomic E-state index is 11.4. The molecule has 0 amide bonds. The van der Waals surface area contributed by atoms with Gasteiger partial charge in [-0.3, -0.25) is 4.90 Å². The predicted molar refractivity (Wildman–Crippen MR) is 67.8 cm³/mol. The van der Waals surface area contributed by atoms with E-state index in [4.69, 9.17) is 0 Å². The van der Waals surface area contributed by atoms with Crippen LogP contribution in [0.25, 0.3) is 0 Å². The minimum absolute atomic E-state index is 0.205. The van der Waals surface area contributed by atoms with E-state index in [-0.39, 0.29) is 6.04 Å². The molecule has 2 saturated heterocycles. The van der Waals surface area contributed by atoms with Gasteiger partial charge in [0.15, 0.2) is 9.84 Å². The molecule has 4 nitrogen and oxygen atoms in total. The van der Waals surface area contributed by atoms with E-state index in [0.717, 1.165) is 19.0 Å². The number of hydrogen-bond donors (Lipinski definition) is 1. The zero-order chi connectivity index (χ0) is 12.0. The monoisotopic (exact) mass is 258 g/mol. The third kappa shape index (κ3) is 2.66. The third-order valence-electron chi connectivity index (χ3n) is 4.34. The zero-order valence-electron chi connectivity index (χ0n) is 10.4. The molecule has 1 saturated carbocycles. The molecule has 0 radical (unpaired) electrons. The van der Waals surface area contributed by atoms with Crippen molar-refractivity contribution in [3.63, 3.8) is 0 Å². The SMILES string of the molecule is CC1CC(NC2CCS(=O)(=O)C2)CN1C1CC1. The third-order valence-corrected chi connectivity index (χ3v) is 6.11. The minimum atomic E-state index is -2.74. The van der Waals surface area contributed by atoms with Gasteiger partial charge in [-0.05, 0) is 32.6 Å². The van der Waals surface area contributed by atoms with Gasteiger partial charge in [0.1, 0.15) is 0 Å². The molecule has 0 spiro atoms. The molecule has 1 aliphatic carbocycles. The van der Waals surface area contributed by atoms with E-state index in [1.165, 1.54) is 19.3 Å². The molecule has 0 aromatic rings. The second-order valence-electron chi connectivity index (χ2n) is 5.98. The van der Waals surface area contributed by atoms with E-state index in [1.54, 1.807) is 0 Å². The number of sulfone groups is 1. The van der Waals surface area contributed by atoms with E-state index in [2.05, 4.69) is 17.1 Å². The highest BCUT2D eigenvalue weighted by molar-refractivity contribution is 7.91. The first kappa shape index (κ1) is 11.9. The van der Waals surface area contributed by atoms with Crippen LogP contribution >= 0.6 is 0 Å². The molecule has 1 N–H and O–H groups in total. The summed E-state index contributed by atoms with van der Waals surface area (Å²) in [5, 5.41) is 3.56. The summed E-state index contributed by atoms with van der Waals surface area (Å²) in [6.07, 6.45) is 4.69. The molecule has 17 heavy (non-hydrogen) atoms. The largest absolute Gasteiger partial charge is 0.309 e. The Kier molecular flexibility index (Phi) is 2.96. The first-order valence-electron chi connectivity index (χ1n) is 6.76. The summed E-state index contributed by atoms with van der Waals surface area (Å²) < 4.78 is 22.8. The molecule has 2 aliphatic heterocycles. The summed E-state index contributed by atoms with van der Waals surface area (Å²) >= 11 is 0. The molecule has 5 heteroatoms.